The second-order valence-electron chi connectivity index (χ2n) is 3.55. The Kier molecular flexibility index (Phi) is 4.65. The number of hydrogen-bond acceptors (Lipinski definition) is 5. The summed E-state index contributed by atoms with van der Waals surface area (Å²) in [5.74, 6) is 3.54. The van der Waals surface area contributed by atoms with E-state index in [1.807, 2.05) is 0 Å². The molecule has 0 radical (unpaired) electrons. The van der Waals surface area contributed by atoms with Crippen molar-refractivity contribution in [3.8, 4) is 0 Å². The van der Waals surface area contributed by atoms with Gasteiger partial charge in [0, 0.05) is 6.54 Å². The topological polar surface area (TPSA) is 67.1 Å². The molecule has 18 heavy (non-hydrogen) atoms. The number of hydrazine groups is 1. The van der Waals surface area contributed by atoms with E-state index in [4.69, 9.17) is 5.84 Å². The Balaban J connectivity index is 3.04. The lowest BCUT2D eigenvalue weighted by molar-refractivity contribution is -0.119. The molecule has 1 heterocycles. The second kappa shape index (κ2) is 5.80. The molecule has 0 unspecified atom stereocenters. The summed E-state index contributed by atoms with van der Waals surface area (Å²) in [6.07, 6.45) is -3.25. The van der Waals surface area contributed by atoms with Gasteiger partial charge in [-0.2, -0.15) is 18.2 Å². The van der Waals surface area contributed by atoms with Gasteiger partial charge in [-0.1, -0.05) is 6.92 Å². The molecule has 0 fully saturated rings. The fourth-order valence-electron chi connectivity index (χ4n) is 1.40. The lowest BCUT2D eigenvalue weighted by atomic mass is 10.3. The monoisotopic (exact) mass is 267 g/mol. The van der Waals surface area contributed by atoms with Crippen LogP contribution in [-0.2, 0) is 0 Å². The van der Waals surface area contributed by atoms with E-state index >= 15 is 0 Å². The van der Waals surface area contributed by atoms with Crippen molar-refractivity contribution >= 4 is 11.8 Å². The maximum atomic E-state index is 13.5. The first kappa shape index (κ1) is 14.4. The molecule has 0 amide bonds. The number of nitrogens with zero attached hydrogens (tertiary/aromatic N) is 3. The molecule has 5 nitrogen and oxygen atoms in total. The van der Waals surface area contributed by atoms with Gasteiger partial charge in [-0.15, -0.1) is 0 Å². The Hall–Kier alpha value is -1.64. The van der Waals surface area contributed by atoms with Gasteiger partial charge >= 0.3 is 6.18 Å². The molecule has 0 saturated heterocycles. The Labute approximate surface area is 101 Å². The van der Waals surface area contributed by atoms with E-state index < -0.39 is 24.4 Å². The molecule has 1 rings (SSSR count). The first-order valence-corrected chi connectivity index (χ1v) is 5.18. The van der Waals surface area contributed by atoms with Crippen LogP contribution in [0.2, 0.25) is 0 Å². The second-order valence-corrected chi connectivity index (χ2v) is 3.55. The van der Waals surface area contributed by atoms with Gasteiger partial charge in [0.1, 0.15) is 6.54 Å². The fourth-order valence-corrected chi connectivity index (χ4v) is 1.40. The zero-order valence-corrected chi connectivity index (χ0v) is 9.63. The quantitative estimate of drug-likeness (QED) is 0.482. The van der Waals surface area contributed by atoms with Crippen LogP contribution >= 0.6 is 0 Å². The standard InChI is InChI=1S/C9H13F4N5/c1-2-3-18(5-9(11,12)13)7-6(10)4-15-8(16-7)17-14/h4H,2-3,5,14H2,1H3,(H,15,16,17). The Morgan fingerprint density at radius 3 is 2.61 bits per heavy atom. The van der Waals surface area contributed by atoms with Gasteiger partial charge in [-0.3, -0.25) is 5.43 Å². The predicted octanol–water partition coefficient (Wildman–Crippen LogP) is 1.68. The van der Waals surface area contributed by atoms with Gasteiger partial charge in [-0.05, 0) is 6.42 Å². The van der Waals surface area contributed by atoms with Crippen LogP contribution in [0.25, 0.3) is 0 Å². The summed E-state index contributed by atoms with van der Waals surface area (Å²) in [6, 6.07) is 0. The van der Waals surface area contributed by atoms with Gasteiger partial charge in [0.2, 0.25) is 5.95 Å². The number of hydrogen-bond donors (Lipinski definition) is 2. The highest BCUT2D eigenvalue weighted by Gasteiger charge is 2.32. The Bertz CT molecular complexity index is 395. The zero-order chi connectivity index (χ0) is 13.8. The van der Waals surface area contributed by atoms with E-state index in [0.29, 0.717) is 6.42 Å². The van der Waals surface area contributed by atoms with Gasteiger partial charge in [0.25, 0.3) is 0 Å². The van der Waals surface area contributed by atoms with E-state index in [1.54, 1.807) is 6.92 Å². The summed E-state index contributed by atoms with van der Waals surface area (Å²) < 4.78 is 50.6. The lowest BCUT2D eigenvalue weighted by Crippen LogP contribution is -2.36. The molecule has 0 bridgehead atoms. The molecule has 3 N–H and O–H groups in total. The third kappa shape index (κ3) is 3.99. The molecule has 0 aliphatic heterocycles. The number of rotatable bonds is 5. The van der Waals surface area contributed by atoms with Gasteiger partial charge < -0.3 is 4.90 Å². The van der Waals surface area contributed by atoms with Crippen molar-refractivity contribution in [3.05, 3.63) is 12.0 Å². The molecular formula is C9H13F4N5. The molecule has 0 aromatic carbocycles. The van der Waals surface area contributed by atoms with Gasteiger partial charge in [0.15, 0.2) is 11.6 Å². The summed E-state index contributed by atoms with van der Waals surface area (Å²) in [4.78, 5) is 7.87. The molecule has 1 aromatic rings. The van der Waals surface area contributed by atoms with Crippen molar-refractivity contribution in [2.45, 2.75) is 19.5 Å². The van der Waals surface area contributed by atoms with Crippen molar-refractivity contribution in [2.24, 2.45) is 5.84 Å². The highest BCUT2D eigenvalue weighted by atomic mass is 19.4. The molecule has 1 aromatic heterocycles. The number of nitrogen functional groups attached to an aromatic ring is 1. The summed E-state index contributed by atoms with van der Waals surface area (Å²) >= 11 is 0. The predicted molar refractivity (Wildman–Crippen MR) is 58.4 cm³/mol. The van der Waals surface area contributed by atoms with Crippen LogP contribution in [0.15, 0.2) is 6.20 Å². The van der Waals surface area contributed by atoms with E-state index in [9.17, 15) is 17.6 Å². The van der Waals surface area contributed by atoms with Crippen molar-refractivity contribution in [1.82, 2.24) is 9.97 Å². The number of nitrogens with one attached hydrogen (secondary N) is 1. The summed E-state index contributed by atoms with van der Waals surface area (Å²) in [5, 5.41) is 0. The largest absolute Gasteiger partial charge is 0.405 e. The number of anilines is 2. The maximum Gasteiger partial charge on any atom is 0.405 e. The smallest absolute Gasteiger partial charge is 0.345 e. The summed E-state index contributed by atoms with van der Waals surface area (Å²) in [5.41, 5.74) is 2.06. The van der Waals surface area contributed by atoms with Crippen LogP contribution in [0.3, 0.4) is 0 Å². The number of aromatic nitrogens is 2. The molecule has 102 valence electrons. The highest BCUT2D eigenvalue weighted by Crippen LogP contribution is 2.23. The molecule has 0 saturated carbocycles. The third-order valence-corrected chi connectivity index (χ3v) is 2.02. The van der Waals surface area contributed by atoms with Gasteiger partial charge in [-0.25, -0.2) is 15.2 Å². The van der Waals surface area contributed by atoms with E-state index in [2.05, 4.69) is 15.4 Å². The number of nitrogens with two attached hydrogens (primary N) is 1. The van der Waals surface area contributed by atoms with Crippen molar-refractivity contribution < 1.29 is 17.6 Å². The van der Waals surface area contributed by atoms with Crippen LogP contribution in [0.1, 0.15) is 13.3 Å². The van der Waals surface area contributed by atoms with Crippen LogP contribution in [0, 0.1) is 5.82 Å². The summed E-state index contributed by atoms with van der Waals surface area (Å²) in [7, 11) is 0. The van der Waals surface area contributed by atoms with Crippen LogP contribution in [0.4, 0.5) is 29.3 Å². The minimum Gasteiger partial charge on any atom is -0.345 e. The lowest BCUT2D eigenvalue weighted by Gasteiger charge is -2.24. The number of halogens is 4. The van der Waals surface area contributed by atoms with Crippen molar-refractivity contribution in [3.63, 3.8) is 0 Å². The normalized spacial score (nSPS) is 11.4. The van der Waals surface area contributed by atoms with Crippen LogP contribution < -0.4 is 16.2 Å². The van der Waals surface area contributed by atoms with E-state index in [1.165, 1.54) is 0 Å². The summed E-state index contributed by atoms with van der Waals surface area (Å²) in [6.45, 7) is 0.431. The Morgan fingerprint density at radius 1 is 1.44 bits per heavy atom. The van der Waals surface area contributed by atoms with Crippen molar-refractivity contribution in [1.29, 1.82) is 0 Å². The van der Waals surface area contributed by atoms with Crippen molar-refractivity contribution in [2.75, 3.05) is 23.4 Å². The van der Waals surface area contributed by atoms with E-state index in [0.717, 1.165) is 11.1 Å². The highest BCUT2D eigenvalue weighted by molar-refractivity contribution is 5.43. The minimum absolute atomic E-state index is 0.0253. The Morgan fingerprint density at radius 2 is 2.11 bits per heavy atom. The van der Waals surface area contributed by atoms with Gasteiger partial charge in [0.05, 0.1) is 6.20 Å². The average molecular weight is 267 g/mol. The number of alkyl halides is 3. The minimum atomic E-state index is -4.44. The molecule has 9 heteroatoms. The third-order valence-electron chi connectivity index (χ3n) is 2.02. The first-order valence-electron chi connectivity index (χ1n) is 5.18. The molecule has 0 spiro atoms. The molecule has 0 aliphatic carbocycles. The molecule has 0 aliphatic rings. The van der Waals surface area contributed by atoms with Crippen LogP contribution in [0.5, 0.6) is 0 Å². The maximum absolute atomic E-state index is 13.5. The molecule has 0 atom stereocenters. The zero-order valence-electron chi connectivity index (χ0n) is 9.63. The average Bonchev–Trinajstić information content (AvgIpc) is 2.27. The first-order chi connectivity index (χ1) is 8.37. The molecular weight excluding hydrogens is 254 g/mol. The van der Waals surface area contributed by atoms with Crippen LogP contribution in [-0.4, -0.2) is 29.2 Å². The fraction of sp³-hybridized carbons (Fsp3) is 0.556. The van der Waals surface area contributed by atoms with E-state index in [-0.39, 0.29) is 12.5 Å². The SMILES string of the molecule is CCCN(CC(F)(F)F)c1nc(NN)ncc1F.